The first-order valence-corrected chi connectivity index (χ1v) is 9.04. The van der Waals surface area contributed by atoms with E-state index in [0.717, 1.165) is 10.5 Å². The van der Waals surface area contributed by atoms with E-state index in [1.165, 1.54) is 18.9 Å². The second-order valence-corrected chi connectivity index (χ2v) is 6.80. The van der Waals surface area contributed by atoms with E-state index in [-0.39, 0.29) is 5.91 Å². The molecular formula is C19H18N2O4S. The molecule has 0 spiro atoms. The average Bonchev–Trinajstić information content (AvgIpc) is 2.67. The summed E-state index contributed by atoms with van der Waals surface area (Å²) in [4.78, 5) is 37.1. The number of carbonyl (C=O) groups is 3. The molecule has 0 fully saturated rings. The van der Waals surface area contributed by atoms with Crippen LogP contribution in [-0.4, -0.2) is 36.7 Å². The summed E-state index contributed by atoms with van der Waals surface area (Å²) in [5.41, 5.74) is 1.89. The van der Waals surface area contributed by atoms with Crippen LogP contribution in [0.3, 0.4) is 0 Å². The Labute approximate surface area is 155 Å². The molecule has 1 heterocycles. The summed E-state index contributed by atoms with van der Waals surface area (Å²) in [5, 5.41) is 5.47. The van der Waals surface area contributed by atoms with E-state index in [9.17, 15) is 14.4 Å². The standard InChI is InChI=1S/C19H18N2O4S/c1-25-19(24)15(9-12-5-3-2-4-6-12)21-18(23)13-7-8-16-14(10-13)20-17(22)11-26-16/h2-8,10,15H,9,11H2,1H3,(H,20,22)(H,21,23)/t15-/m1/s1. The minimum absolute atomic E-state index is 0.100. The zero-order valence-electron chi connectivity index (χ0n) is 14.2. The topological polar surface area (TPSA) is 84.5 Å². The number of esters is 1. The molecule has 0 aromatic heterocycles. The number of carbonyl (C=O) groups excluding carboxylic acids is 3. The van der Waals surface area contributed by atoms with E-state index in [1.807, 2.05) is 30.3 Å². The maximum absolute atomic E-state index is 12.6. The third-order valence-corrected chi connectivity index (χ3v) is 5.02. The summed E-state index contributed by atoms with van der Waals surface area (Å²) >= 11 is 1.42. The van der Waals surface area contributed by atoms with Crippen LogP contribution in [0.4, 0.5) is 5.69 Å². The van der Waals surface area contributed by atoms with Gasteiger partial charge in [0.25, 0.3) is 5.91 Å². The van der Waals surface area contributed by atoms with Crippen molar-refractivity contribution in [2.45, 2.75) is 17.4 Å². The van der Waals surface area contributed by atoms with Gasteiger partial charge in [0.05, 0.1) is 18.6 Å². The molecule has 1 atom stereocenters. The van der Waals surface area contributed by atoms with Gasteiger partial charge in [0.2, 0.25) is 5.91 Å². The summed E-state index contributed by atoms with van der Waals surface area (Å²) in [6.45, 7) is 0. The highest BCUT2D eigenvalue weighted by Crippen LogP contribution is 2.31. The number of hydrogen-bond donors (Lipinski definition) is 2. The van der Waals surface area contributed by atoms with Crippen molar-refractivity contribution in [2.24, 2.45) is 0 Å². The number of rotatable bonds is 5. The van der Waals surface area contributed by atoms with Gasteiger partial charge in [-0.25, -0.2) is 4.79 Å². The Bertz CT molecular complexity index is 839. The van der Waals surface area contributed by atoms with Crippen LogP contribution in [-0.2, 0) is 20.7 Å². The fraction of sp³-hybridized carbons (Fsp3) is 0.211. The molecule has 2 amide bonds. The van der Waals surface area contributed by atoms with Gasteiger partial charge in [-0.2, -0.15) is 0 Å². The Hall–Kier alpha value is -2.80. The second kappa shape index (κ2) is 8.05. The van der Waals surface area contributed by atoms with E-state index >= 15 is 0 Å². The molecule has 1 aliphatic rings. The predicted molar refractivity (Wildman–Crippen MR) is 99.2 cm³/mol. The molecule has 3 rings (SSSR count). The lowest BCUT2D eigenvalue weighted by Crippen LogP contribution is -2.43. The van der Waals surface area contributed by atoms with Crippen LogP contribution in [0.1, 0.15) is 15.9 Å². The molecule has 0 bridgehead atoms. The first kappa shape index (κ1) is 18.0. The Morgan fingerprint density at radius 2 is 2.00 bits per heavy atom. The third kappa shape index (κ3) is 4.23. The minimum atomic E-state index is -0.796. The molecule has 2 N–H and O–H groups in total. The third-order valence-electron chi connectivity index (χ3n) is 3.95. The Morgan fingerprint density at radius 3 is 2.73 bits per heavy atom. The van der Waals surface area contributed by atoms with Gasteiger partial charge < -0.3 is 15.4 Å². The summed E-state index contributed by atoms with van der Waals surface area (Å²) in [6, 6.07) is 13.7. The Morgan fingerprint density at radius 1 is 1.23 bits per heavy atom. The van der Waals surface area contributed by atoms with E-state index in [4.69, 9.17) is 4.74 Å². The highest BCUT2D eigenvalue weighted by Gasteiger charge is 2.24. The number of amides is 2. The number of benzene rings is 2. The number of ether oxygens (including phenoxy) is 1. The average molecular weight is 370 g/mol. The molecule has 7 heteroatoms. The maximum Gasteiger partial charge on any atom is 0.328 e. The monoisotopic (exact) mass is 370 g/mol. The summed E-state index contributed by atoms with van der Waals surface area (Å²) in [7, 11) is 1.29. The predicted octanol–water partition coefficient (Wildman–Crippen LogP) is 2.24. The lowest BCUT2D eigenvalue weighted by molar-refractivity contribution is -0.142. The largest absolute Gasteiger partial charge is 0.467 e. The summed E-state index contributed by atoms with van der Waals surface area (Å²) in [6.07, 6.45) is 0.330. The van der Waals surface area contributed by atoms with Gasteiger partial charge in [-0.1, -0.05) is 30.3 Å². The number of fused-ring (bicyclic) bond motifs is 1. The summed E-state index contributed by atoms with van der Waals surface area (Å²) < 4.78 is 4.81. The lowest BCUT2D eigenvalue weighted by Gasteiger charge is -2.19. The zero-order chi connectivity index (χ0) is 18.5. The van der Waals surface area contributed by atoms with Crippen LogP contribution in [0.15, 0.2) is 53.4 Å². The second-order valence-electron chi connectivity index (χ2n) is 5.79. The van der Waals surface area contributed by atoms with Crippen LogP contribution in [0.25, 0.3) is 0 Å². The number of nitrogens with one attached hydrogen (secondary N) is 2. The van der Waals surface area contributed by atoms with Crippen LogP contribution >= 0.6 is 11.8 Å². The van der Waals surface area contributed by atoms with Gasteiger partial charge in [0.15, 0.2) is 0 Å². The lowest BCUT2D eigenvalue weighted by atomic mass is 10.1. The van der Waals surface area contributed by atoms with Crippen molar-refractivity contribution in [2.75, 3.05) is 18.2 Å². The van der Waals surface area contributed by atoms with Gasteiger partial charge in [-0.05, 0) is 23.8 Å². The molecular weight excluding hydrogens is 352 g/mol. The SMILES string of the molecule is COC(=O)[C@@H](Cc1ccccc1)NC(=O)c1ccc2c(c1)NC(=O)CS2. The van der Waals surface area contributed by atoms with Crippen molar-refractivity contribution < 1.29 is 19.1 Å². The van der Waals surface area contributed by atoms with Gasteiger partial charge in [-0.15, -0.1) is 11.8 Å². The molecule has 0 saturated heterocycles. The van der Waals surface area contributed by atoms with Crippen LogP contribution < -0.4 is 10.6 Å². The fourth-order valence-electron chi connectivity index (χ4n) is 2.65. The molecule has 0 radical (unpaired) electrons. The molecule has 26 heavy (non-hydrogen) atoms. The van der Waals surface area contributed by atoms with Crippen molar-refractivity contribution in [1.82, 2.24) is 5.32 Å². The molecule has 2 aromatic carbocycles. The van der Waals surface area contributed by atoms with Gasteiger partial charge >= 0.3 is 5.97 Å². The first-order chi connectivity index (χ1) is 12.6. The highest BCUT2D eigenvalue weighted by molar-refractivity contribution is 8.00. The quantitative estimate of drug-likeness (QED) is 0.789. The van der Waals surface area contributed by atoms with Crippen molar-refractivity contribution >= 4 is 35.2 Å². The number of methoxy groups -OCH3 is 1. The van der Waals surface area contributed by atoms with E-state index in [0.29, 0.717) is 23.4 Å². The van der Waals surface area contributed by atoms with Crippen LogP contribution in [0.5, 0.6) is 0 Å². The molecule has 0 saturated carbocycles. The van der Waals surface area contributed by atoms with Crippen molar-refractivity contribution in [1.29, 1.82) is 0 Å². The fourth-order valence-corrected chi connectivity index (χ4v) is 3.44. The van der Waals surface area contributed by atoms with Gasteiger partial charge in [-0.3, -0.25) is 9.59 Å². The molecule has 0 unspecified atom stereocenters. The molecule has 1 aliphatic heterocycles. The van der Waals surface area contributed by atoms with Gasteiger partial charge in [0.1, 0.15) is 6.04 Å². The highest BCUT2D eigenvalue weighted by atomic mass is 32.2. The van der Waals surface area contributed by atoms with E-state index < -0.39 is 17.9 Å². The van der Waals surface area contributed by atoms with E-state index in [1.54, 1.807) is 18.2 Å². The van der Waals surface area contributed by atoms with Crippen LogP contribution in [0, 0.1) is 0 Å². The minimum Gasteiger partial charge on any atom is -0.467 e. The van der Waals surface area contributed by atoms with Crippen molar-refractivity contribution in [3.8, 4) is 0 Å². The molecule has 134 valence electrons. The Balaban J connectivity index is 1.76. The number of thioether (sulfide) groups is 1. The first-order valence-electron chi connectivity index (χ1n) is 8.06. The molecule has 0 aliphatic carbocycles. The molecule has 2 aromatic rings. The molecule has 6 nitrogen and oxygen atoms in total. The van der Waals surface area contributed by atoms with Gasteiger partial charge in [0, 0.05) is 16.9 Å². The Kier molecular flexibility index (Phi) is 5.58. The zero-order valence-corrected chi connectivity index (χ0v) is 15.0. The number of anilines is 1. The maximum atomic E-state index is 12.6. The van der Waals surface area contributed by atoms with Crippen LogP contribution in [0.2, 0.25) is 0 Å². The van der Waals surface area contributed by atoms with E-state index in [2.05, 4.69) is 10.6 Å². The van der Waals surface area contributed by atoms with Crippen molar-refractivity contribution in [3.05, 3.63) is 59.7 Å². The smallest absolute Gasteiger partial charge is 0.328 e. The number of hydrogen-bond acceptors (Lipinski definition) is 5. The summed E-state index contributed by atoms with van der Waals surface area (Å²) in [5.74, 6) is -0.649. The normalized spacial score (nSPS) is 14.0. The van der Waals surface area contributed by atoms with Crippen molar-refractivity contribution in [3.63, 3.8) is 0 Å².